The van der Waals surface area contributed by atoms with Crippen LogP contribution in [0, 0.1) is 5.92 Å². The molecule has 1 aromatic rings. The van der Waals surface area contributed by atoms with Crippen LogP contribution in [0.5, 0.6) is 0 Å². The largest absolute Gasteiger partial charge is 0.372 e. The smallest absolute Gasteiger partial charge is 0.279 e. The van der Waals surface area contributed by atoms with Crippen LogP contribution in [-0.2, 0) is 4.79 Å². The van der Waals surface area contributed by atoms with Crippen molar-refractivity contribution in [3.63, 3.8) is 0 Å². The van der Waals surface area contributed by atoms with E-state index in [1.165, 1.54) is 42.7 Å². The highest BCUT2D eigenvalue weighted by Gasteiger charge is 2.18. The number of benzene rings is 1. The maximum Gasteiger partial charge on any atom is 0.279 e. The molecule has 4 heteroatoms. The third-order valence-electron chi connectivity index (χ3n) is 5.27. The molecule has 3 rings (SSSR count). The van der Waals surface area contributed by atoms with Gasteiger partial charge in [-0.05, 0) is 62.3 Å². The summed E-state index contributed by atoms with van der Waals surface area (Å²) in [6.07, 6.45) is 6.38. The molecule has 2 heterocycles. The number of likely N-dealkylation sites (tertiary alicyclic amines) is 1. The van der Waals surface area contributed by atoms with E-state index in [2.05, 4.69) is 29.3 Å². The van der Waals surface area contributed by atoms with Crippen molar-refractivity contribution < 1.29 is 9.69 Å². The van der Waals surface area contributed by atoms with Crippen LogP contribution in [0.25, 0.3) is 0 Å². The molecule has 4 nitrogen and oxygen atoms in total. The quantitative estimate of drug-likeness (QED) is 0.890. The van der Waals surface area contributed by atoms with E-state index < -0.39 is 0 Å². The number of hydrogen-bond donors (Lipinski definition) is 2. The van der Waals surface area contributed by atoms with Gasteiger partial charge in [0, 0.05) is 24.5 Å². The summed E-state index contributed by atoms with van der Waals surface area (Å²) in [5, 5.41) is 3.05. The number of rotatable bonds is 4. The van der Waals surface area contributed by atoms with Crippen LogP contribution >= 0.6 is 0 Å². The van der Waals surface area contributed by atoms with Crippen molar-refractivity contribution in [1.29, 1.82) is 0 Å². The Labute approximate surface area is 139 Å². The minimum absolute atomic E-state index is 0.140. The monoisotopic (exact) mass is 316 g/mol. The lowest BCUT2D eigenvalue weighted by Gasteiger charge is -2.32. The molecule has 2 aliphatic rings. The average Bonchev–Trinajstić information content (AvgIpc) is 2.57. The molecule has 0 spiro atoms. The first kappa shape index (κ1) is 16.3. The van der Waals surface area contributed by atoms with Crippen molar-refractivity contribution in [3.8, 4) is 0 Å². The molecule has 0 atom stereocenters. The minimum Gasteiger partial charge on any atom is -0.372 e. The Bertz CT molecular complexity index is 500. The van der Waals surface area contributed by atoms with Crippen molar-refractivity contribution in [3.05, 3.63) is 24.3 Å². The van der Waals surface area contributed by atoms with E-state index in [4.69, 9.17) is 0 Å². The summed E-state index contributed by atoms with van der Waals surface area (Å²) in [7, 11) is 0. The van der Waals surface area contributed by atoms with Crippen LogP contribution in [0.15, 0.2) is 24.3 Å². The number of anilines is 2. The standard InChI is InChI=1S/C19H29N3O/c1-16-9-13-22(14-10-16)18-7-5-17(6-8-18)20-19(23)15-21-11-3-2-4-12-21/h5-8,16H,2-4,9-15H2,1H3,(H,20,23)/p+1. The SMILES string of the molecule is CC1CCN(c2ccc(NC(=O)C[NH+]3CCCCC3)cc2)CC1. The van der Waals surface area contributed by atoms with E-state index >= 15 is 0 Å². The van der Waals surface area contributed by atoms with Crippen LogP contribution in [0.1, 0.15) is 39.0 Å². The summed E-state index contributed by atoms with van der Waals surface area (Å²) in [4.78, 5) is 16.0. The first-order valence-corrected chi connectivity index (χ1v) is 9.19. The third kappa shape index (κ3) is 4.71. The van der Waals surface area contributed by atoms with Gasteiger partial charge in [0.15, 0.2) is 6.54 Å². The van der Waals surface area contributed by atoms with E-state index in [-0.39, 0.29) is 5.91 Å². The Morgan fingerprint density at radius 2 is 1.78 bits per heavy atom. The lowest BCUT2D eigenvalue weighted by atomic mass is 9.99. The molecular formula is C19H30N3O+. The summed E-state index contributed by atoms with van der Waals surface area (Å²) in [5.74, 6) is 0.989. The van der Waals surface area contributed by atoms with E-state index in [1.807, 2.05) is 12.1 Å². The Kier molecular flexibility index (Phi) is 5.55. The van der Waals surface area contributed by atoms with Gasteiger partial charge in [-0.3, -0.25) is 4.79 Å². The molecule has 2 fully saturated rings. The maximum absolute atomic E-state index is 12.2. The number of carbonyl (C=O) groups excluding carboxylic acids is 1. The normalized spacial score (nSPS) is 20.5. The molecule has 1 aromatic carbocycles. The van der Waals surface area contributed by atoms with Crippen molar-refractivity contribution in [2.24, 2.45) is 5.92 Å². The number of quaternary nitrogens is 1. The summed E-state index contributed by atoms with van der Waals surface area (Å²) in [5.41, 5.74) is 2.19. The molecule has 2 N–H and O–H groups in total. The fourth-order valence-corrected chi connectivity index (χ4v) is 3.68. The van der Waals surface area contributed by atoms with Gasteiger partial charge in [-0.1, -0.05) is 6.92 Å². The van der Waals surface area contributed by atoms with Gasteiger partial charge in [-0.2, -0.15) is 0 Å². The Morgan fingerprint density at radius 1 is 1.13 bits per heavy atom. The minimum atomic E-state index is 0.140. The van der Waals surface area contributed by atoms with Gasteiger partial charge in [0.05, 0.1) is 13.1 Å². The first-order valence-electron chi connectivity index (χ1n) is 9.19. The highest BCUT2D eigenvalue weighted by molar-refractivity contribution is 5.91. The molecule has 0 unspecified atom stereocenters. The number of amides is 1. The molecule has 2 aliphatic heterocycles. The van der Waals surface area contributed by atoms with Gasteiger partial charge < -0.3 is 15.1 Å². The van der Waals surface area contributed by atoms with Crippen LogP contribution in [0.2, 0.25) is 0 Å². The second kappa shape index (κ2) is 7.82. The van der Waals surface area contributed by atoms with Crippen molar-refractivity contribution >= 4 is 17.3 Å². The number of hydrogen-bond acceptors (Lipinski definition) is 2. The Morgan fingerprint density at radius 3 is 2.43 bits per heavy atom. The van der Waals surface area contributed by atoms with E-state index in [1.54, 1.807) is 0 Å². The fourth-order valence-electron chi connectivity index (χ4n) is 3.68. The summed E-state index contributed by atoms with van der Waals surface area (Å²) >= 11 is 0. The molecule has 126 valence electrons. The van der Waals surface area contributed by atoms with Crippen molar-refractivity contribution in [2.45, 2.75) is 39.0 Å². The van der Waals surface area contributed by atoms with E-state index in [9.17, 15) is 4.79 Å². The Hall–Kier alpha value is -1.55. The lowest BCUT2D eigenvalue weighted by molar-refractivity contribution is -0.896. The topological polar surface area (TPSA) is 36.8 Å². The van der Waals surface area contributed by atoms with Gasteiger partial charge in [0.25, 0.3) is 5.91 Å². The molecule has 23 heavy (non-hydrogen) atoms. The zero-order valence-electron chi connectivity index (χ0n) is 14.3. The Balaban J connectivity index is 1.49. The van der Waals surface area contributed by atoms with Gasteiger partial charge in [-0.15, -0.1) is 0 Å². The molecular weight excluding hydrogens is 286 g/mol. The van der Waals surface area contributed by atoms with Crippen LogP contribution in [0.3, 0.4) is 0 Å². The van der Waals surface area contributed by atoms with Gasteiger partial charge >= 0.3 is 0 Å². The molecule has 1 amide bonds. The second-order valence-electron chi connectivity index (χ2n) is 7.25. The molecule has 0 saturated carbocycles. The van der Waals surface area contributed by atoms with Gasteiger partial charge in [-0.25, -0.2) is 0 Å². The molecule has 2 saturated heterocycles. The number of piperidine rings is 2. The maximum atomic E-state index is 12.2. The van der Waals surface area contributed by atoms with Crippen molar-refractivity contribution in [2.75, 3.05) is 42.9 Å². The summed E-state index contributed by atoms with van der Waals surface area (Å²) in [6.45, 7) is 7.50. The molecule has 0 radical (unpaired) electrons. The highest BCUT2D eigenvalue weighted by atomic mass is 16.2. The highest BCUT2D eigenvalue weighted by Crippen LogP contribution is 2.24. The van der Waals surface area contributed by atoms with Crippen LogP contribution in [-0.4, -0.2) is 38.6 Å². The average molecular weight is 316 g/mol. The van der Waals surface area contributed by atoms with E-state index in [0.717, 1.165) is 37.8 Å². The number of nitrogens with zero attached hydrogens (tertiary/aromatic N) is 1. The molecule has 0 aliphatic carbocycles. The summed E-state index contributed by atoms with van der Waals surface area (Å²) in [6, 6.07) is 8.35. The predicted octanol–water partition coefficient (Wildman–Crippen LogP) is 1.93. The van der Waals surface area contributed by atoms with Crippen LogP contribution in [0.4, 0.5) is 11.4 Å². The van der Waals surface area contributed by atoms with Crippen molar-refractivity contribution in [1.82, 2.24) is 0 Å². The number of nitrogens with one attached hydrogen (secondary N) is 2. The van der Waals surface area contributed by atoms with Gasteiger partial charge in [0.1, 0.15) is 0 Å². The number of carbonyl (C=O) groups is 1. The fraction of sp³-hybridized carbons (Fsp3) is 0.632. The molecule has 0 aromatic heterocycles. The predicted molar refractivity (Wildman–Crippen MR) is 95.1 cm³/mol. The van der Waals surface area contributed by atoms with Crippen LogP contribution < -0.4 is 15.1 Å². The van der Waals surface area contributed by atoms with Gasteiger partial charge in [0.2, 0.25) is 0 Å². The summed E-state index contributed by atoms with van der Waals surface area (Å²) < 4.78 is 0. The van der Waals surface area contributed by atoms with E-state index in [0.29, 0.717) is 6.54 Å². The third-order valence-corrected chi connectivity index (χ3v) is 5.27. The zero-order chi connectivity index (χ0) is 16.1. The first-order chi connectivity index (χ1) is 11.2. The lowest BCUT2D eigenvalue weighted by Crippen LogP contribution is -3.13. The second-order valence-corrected chi connectivity index (χ2v) is 7.25. The molecule has 0 bridgehead atoms. The zero-order valence-corrected chi connectivity index (χ0v) is 14.3.